The maximum atomic E-state index is 9.32. The van der Waals surface area contributed by atoms with Gasteiger partial charge in [0.2, 0.25) is 0 Å². The number of hydrogen-bond donors (Lipinski definition) is 1. The molecule has 2 atom stereocenters. The third-order valence-corrected chi connectivity index (χ3v) is 3.05. The predicted molar refractivity (Wildman–Crippen MR) is 50.4 cm³/mol. The number of ether oxygens (including phenoxy) is 2. The monoisotopic (exact) mass is 188 g/mol. The van der Waals surface area contributed by atoms with Crippen molar-refractivity contribution in [1.82, 2.24) is 0 Å². The molecule has 1 aliphatic rings. The van der Waals surface area contributed by atoms with Gasteiger partial charge in [-0.25, -0.2) is 0 Å². The molecular weight excluding hydrogens is 168 g/mol. The lowest BCUT2D eigenvalue weighted by atomic mass is 9.80. The largest absolute Gasteiger partial charge is 0.396 e. The highest BCUT2D eigenvalue weighted by molar-refractivity contribution is 4.88. The highest BCUT2D eigenvalue weighted by Gasteiger charge is 2.44. The van der Waals surface area contributed by atoms with Crippen LogP contribution in [0.1, 0.15) is 34.1 Å². The Morgan fingerprint density at radius 1 is 1.46 bits per heavy atom. The van der Waals surface area contributed by atoms with Crippen molar-refractivity contribution >= 4 is 0 Å². The lowest BCUT2D eigenvalue weighted by Crippen LogP contribution is -2.53. The Balaban J connectivity index is 2.72. The molecule has 0 spiro atoms. The molecule has 0 aromatic rings. The van der Waals surface area contributed by atoms with E-state index >= 15 is 0 Å². The van der Waals surface area contributed by atoms with E-state index in [1.54, 1.807) is 0 Å². The van der Waals surface area contributed by atoms with Crippen molar-refractivity contribution in [3.8, 4) is 0 Å². The fourth-order valence-corrected chi connectivity index (χ4v) is 1.70. The quantitative estimate of drug-likeness (QED) is 0.714. The highest BCUT2D eigenvalue weighted by Crippen LogP contribution is 2.37. The minimum Gasteiger partial charge on any atom is -0.396 e. The number of aliphatic hydroxyl groups is 1. The van der Waals surface area contributed by atoms with E-state index in [9.17, 15) is 5.11 Å². The predicted octanol–water partition coefficient (Wildman–Crippen LogP) is 1.55. The first-order valence-electron chi connectivity index (χ1n) is 4.88. The van der Waals surface area contributed by atoms with Crippen LogP contribution in [0.15, 0.2) is 0 Å². The average Bonchev–Trinajstić information content (AvgIpc) is 2.05. The fourth-order valence-electron chi connectivity index (χ4n) is 1.70. The highest BCUT2D eigenvalue weighted by atomic mass is 16.7. The van der Waals surface area contributed by atoms with Crippen molar-refractivity contribution in [2.75, 3.05) is 13.2 Å². The second-order valence-electron chi connectivity index (χ2n) is 4.32. The minimum absolute atomic E-state index is 0.0475. The summed E-state index contributed by atoms with van der Waals surface area (Å²) in [6.07, 6.45) is 0.923. The van der Waals surface area contributed by atoms with Crippen LogP contribution in [0.4, 0.5) is 0 Å². The summed E-state index contributed by atoms with van der Waals surface area (Å²) >= 11 is 0. The normalized spacial score (nSPS) is 39.0. The Bertz CT molecular complexity index is 173. The second kappa shape index (κ2) is 3.56. The third-order valence-electron chi connectivity index (χ3n) is 3.05. The molecule has 0 aromatic heterocycles. The first-order chi connectivity index (χ1) is 5.96. The Kier molecular flexibility index (Phi) is 3.00. The van der Waals surface area contributed by atoms with Crippen molar-refractivity contribution in [3.05, 3.63) is 0 Å². The summed E-state index contributed by atoms with van der Waals surface area (Å²) in [6.45, 7) is 8.57. The minimum atomic E-state index is -0.507. The summed E-state index contributed by atoms with van der Waals surface area (Å²) in [7, 11) is 0. The molecule has 3 nitrogen and oxygen atoms in total. The van der Waals surface area contributed by atoms with E-state index in [0.717, 1.165) is 6.42 Å². The number of hydrogen-bond acceptors (Lipinski definition) is 3. The lowest BCUT2D eigenvalue weighted by Gasteiger charge is -2.46. The summed E-state index contributed by atoms with van der Waals surface area (Å²) in [5.74, 6) is -0.507. The van der Waals surface area contributed by atoms with E-state index in [1.165, 1.54) is 0 Å². The molecule has 1 saturated heterocycles. The lowest BCUT2D eigenvalue weighted by molar-refractivity contribution is -0.319. The number of aliphatic hydroxyl groups excluding tert-OH is 1. The van der Waals surface area contributed by atoms with Crippen LogP contribution in [-0.4, -0.2) is 30.2 Å². The average molecular weight is 188 g/mol. The molecule has 1 rings (SSSR count). The van der Waals surface area contributed by atoms with E-state index < -0.39 is 5.79 Å². The molecule has 1 fully saturated rings. The summed E-state index contributed by atoms with van der Waals surface area (Å²) < 4.78 is 11.2. The van der Waals surface area contributed by atoms with E-state index in [-0.39, 0.29) is 18.1 Å². The van der Waals surface area contributed by atoms with Crippen LogP contribution in [-0.2, 0) is 9.47 Å². The van der Waals surface area contributed by atoms with Crippen molar-refractivity contribution < 1.29 is 14.6 Å². The summed E-state index contributed by atoms with van der Waals surface area (Å²) in [5.41, 5.74) is -0.213. The van der Waals surface area contributed by atoms with E-state index in [4.69, 9.17) is 9.47 Å². The van der Waals surface area contributed by atoms with Crippen molar-refractivity contribution in [3.63, 3.8) is 0 Å². The molecule has 0 amide bonds. The van der Waals surface area contributed by atoms with E-state index in [0.29, 0.717) is 6.61 Å². The van der Waals surface area contributed by atoms with Crippen LogP contribution in [0.2, 0.25) is 0 Å². The molecule has 0 bridgehead atoms. The Morgan fingerprint density at radius 2 is 2.08 bits per heavy atom. The van der Waals surface area contributed by atoms with Gasteiger partial charge in [0.15, 0.2) is 5.79 Å². The van der Waals surface area contributed by atoms with Crippen LogP contribution in [0.3, 0.4) is 0 Å². The van der Waals surface area contributed by atoms with Gasteiger partial charge in [-0.1, -0.05) is 6.92 Å². The fraction of sp³-hybridized carbons (Fsp3) is 1.00. The summed E-state index contributed by atoms with van der Waals surface area (Å²) in [4.78, 5) is 0. The molecule has 1 heterocycles. The smallest absolute Gasteiger partial charge is 0.163 e. The standard InChI is InChI=1S/C10H20O3/c1-5-10(6-11)7-12-9(3,4)13-8(10)2/h8,11H,5-7H2,1-4H3. The van der Waals surface area contributed by atoms with Crippen LogP contribution in [0.25, 0.3) is 0 Å². The molecule has 0 aliphatic carbocycles. The van der Waals surface area contributed by atoms with Gasteiger partial charge in [-0.2, -0.15) is 0 Å². The van der Waals surface area contributed by atoms with Gasteiger partial charge in [0.25, 0.3) is 0 Å². The molecule has 0 aromatic carbocycles. The van der Waals surface area contributed by atoms with Crippen LogP contribution >= 0.6 is 0 Å². The maximum absolute atomic E-state index is 9.32. The first-order valence-corrected chi connectivity index (χ1v) is 4.88. The van der Waals surface area contributed by atoms with Crippen LogP contribution in [0.5, 0.6) is 0 Å². The molecule has 1 aliphatic heterocycles. The Hall–Kier alpha value is -0.120. The summed E-state index contributed by atoms with van der Waals surface area (Å²) in [5, 5.41) is 9.32. The Morgan fingerprint density at radius 3 is 2.46 bits per heavy atom. The zero-order valence-electron chi connectivity index (χ0n) is 8.96. The third kappa shape index (κ3) is 2.03. The summed E-state index contributed by atoms with van der Waals surface area (Å²) in [6, 6.07) is 0. The molecule has 3 heteroatoms. The zero-order chi connectivity index (χ0) is 10.1. The maximum Gasteiger partial charge on any atom is 0.163 e. The van der Waals surface area contributed by atoms with Gasteiger partial charge in [0.1, 0.15) is 0 Å². The van der Waals surface area contributed by atoms with Gasteiger partial charge in [-0.05, 0) is 27.2 Å². The van der Waals surface area contributed by atoms with E-state index in [2.05, 4.69) is 6.92 Å². The molecule has 0 radical (unpaired) electrons. The zero-order valence-corrected chi connectivity index (χ0v) is 8.96. The van der Waals surface area contributed by atoms with Crippen molar-refractivity contribution in [1.29, 1.82) is 0 Å². The SMILES string of the molecule is CCC1(CO)COC(C)(C)OC1C. The van der Waals surface area contributed by atoms with Gasteiger partial charge in [-0.3, -0.25) is 0 Å². The first kappa shape index (κ1) is 11.0. The van der Waals surface area contributed by atoms with Gasteiger partial charge < -0.3 is 14.6 Å². The van der Waals surface area contributed by atoms with E-state index in [1.807, 2.05) is 20.8 Å². The topological polar surface area (TPSA) is 38.7 Å². The van der Waals surface area contributed by atoms with Crippen molar-refractivity contribution in [2.45, 2.75) is 46.0 Å². The molecule has 2 unspecified atom stereocenters. The molecule has 78 valence electrons. The van der Waals surface area contributed by atoms with Gasteiger partial charge in [0.05, 0.1) is 19.3 Å². The van der Waals surface area contributed by atoms with Gasteiger partial charge >= 0.3 is 0 Å². The molecule has 13 heavy (non-hydrogen) atoms. The molecule has 1 N–H and O–H groups in total. The second-order valence-corrected chi connectivity index (χ2v) is 4.32. The van der Waals surface area contributed by atoms with Crippen LogP contribution in [0, 0.1) is 5.41 Å². The van der Waals surface area contributed by atoms with Crippen molar-refractivity contribution in [2.24, 2.45) is 5.41 Å². The van der Waals surface area contributed by atoms with Gasteiger partial charge in [-0.15, -0.1) is 0 Å². The molecular formula is C10H20O3. The number of rotatable bonds is 2. The molecule has 0 saturated carbocycles. The van der Waals surface area contributed by atoms with Gasteiger partial charge in [0, 0.05) is 5.41 Å². The van der Waals surface area contributed by atoms with Crippen LogP contribution < -0.4 is 0 Å². The Labute approximate surface area is 80.0 Å².